The van der Waals surface area contributed by atoms with Crippen LogP contribution < -0.4 is 22.1 Å². The summed E-state index contributed by atoms with van der Waals surface area (Å²) < 4.78 is 31.7. The molecule has 2 aromatic carbocycles. The molecule has 7 N–H and O–H groups in total. The van der Waals surface area contributed by atoms with Crippen LogP contribution >= 0.6 is 0 Å². The maximum atomic E-state index is 12.8. The number of nitrogens with zero attached hydrogens (tertiary/aromatic N) is 1. The Morgan fingerprint density at radius 1 is 1.00 bits per heavy atom. The molecule has 0 unspecified atom stereocenters. The Balaban J connectivity index is 0.000000809. The molecule has 0 saturated carbocycles. The van der Waals surface area contributed by atoms with Gasteiger partial charge in [-0.25, -0.2) is 9.79 Å². The third-order valence-electron chi connectivity index (χ3n) is 4.61. The van der Waals surface area contributed by atoms with Gasteiger partial charge < -0.3 is 27.2 Å². The van der Waals surface area contributed by atoms with Crippen LogP contribution in [0.2, 0.25) is 0 Å². The zero-order chi connectivity index (χ0) is 27.1. The predicted octanol–water partition coefficient (Wildman–Crippen LogP) is 3.28. The quantitative estimate of drug-likeness (QED) is 0.188. The Labute approximate surface area is 206 Å². The lowest BCUT2D eigenvalue weighted by atomic mass is 10.1. The molecule has 0 fully saturated rings. The van der Waals surface area contributed by atoms with Gasteiger partial charge in [0.1, 0.15) is 6.04 Å². The first kappa shape index (κ1) is 29.9. The second kappa shape index (κ2) is 15.0. The molecule has 0 aliphatic carbocycles. The molecule has 0 spiro atoms. The van der Waals surface area contributed by atoms with Crippen LogP contribution in [0.3, 0.4) is 0 Å². The third kappa shape index (κ3) is 11.9. The number of halogens is 3. The van der Waals surface area contributed by atoms with E-state index in [9.17, 15) is 22.8 Å². The Bertz CT molecular complexity index is 1010. The van der Waals surface area contributed by atoms with E-state index in [2.05, 4.69) is 22.5 Å². The second-order valence-electron chi connectivity index (χ2n) is 7.59. The van der Waals surface area contributed by atoms with Gasteiger partial charge in [0.15, 0.2) is 5.96 Å². The Kier molecular flexibility index (Phi) is 12.5. The first-order valence-corrected chi connectivity index (χ1v) is 11.0. The van der Waals surface area contributed by atoms with Gasteiger partial charge in [-0.05, 0) is 29.7 Å². The number of nitrogens with two attached hydrogens (primary N) is 2. The van der Waals surface area contributed by atoms with Gasteiger partial charge in [0.25, 0.3) is 0 Å². The first-order valence-electron chi connectivity index (χ1n) is 11.0. The Morgan fingerprint density at radius 2 is 1.58 bits per heavy atom. The van der Waals surface area contributed by atoms with E-state index in [-0.39, 0.29) is 17.8 Å². The molecule has 0 aromatic heterocycles. The van der Waals surface area contributed by atoms with E-state index >= 15 is 0 Å². The van der Waals surface area contributed by atoms with Crippen molar-refractivity contribution >= 4 is 29.4 Å². The number of aliphatic imine (C=N–C) groups is 1. The number of benzene rings is 2. The number of carboxylic acids is 1. The molecule has 1 atom stereocenters. The number of aliphatic carboxylic acids is 1. The van der Waals surface area contributed by atoms with E-state index in [1.807, 2.05) is 42.5 Å². The summed E-state index contributed by atoms with van der Waals surface area (Å²) in [6.07, 6.45) is -1.83. The van der Waals surface area contributed by atoms with Gasteiger partial charge >= 0.3 is 12.1 Å². The zero-order valence-corrected chi connectivity index (χ0v) is 19.7. The van der Waals surface area contributed by atoms with Crippen molar-refractivity contribution in [3.05, 3.63) is 65.7 Å². The molecular formula is C24H30F3N5O4. The Hall–Kier alpha value is -4.09. The molecule has 36 heavy (non-hydrogen) atoms. The highest BCUT2D eigenvalue weighted by Crippen LogP contribution is 2.16. The average Bonchev–Trinajstić information content (AvgIpc) is 2.82. The number of rotatable bonds is 10. The van der Waals surface area contributed by atoms with Crippen LogP contribution in [-0.2, 0) is 20.9 Å². The fraction of sp³-hybridized carbons (Fsp3) is 0.333. The van der Waals surface area contributed by atoms with Crippen molar-refractivity contribution in [2.45, 2.75) is 51.4 Å². The summed E-state index contributed by atoms with van der Waals surface area (Å²) in [5.74, 6) is -3.14. The van der Waals surface area contributed by atoms with Crippen molar-refractivity contribution in [2.75, 3.05) is 0 Å². The minimum absolute atomic E-state index is 0.00793. The molecule has 0 bridgehead atoms. The van der Waals surface area contributed by atoms with Gasteiger partial charge in [-0.2, -0.15) is 13.2 Å². The van der Waals surface area contributed by atoms with Crippen LogP contribution in [0.5, 0.6) is 0 Å². The van der Waals surface area contributed by atoms with Crippen LogP contribution in [0.25, 0.3) is 0 Å². The first-order chi connectivity index (χ1) is 16.9. The number of unbranched alkanes of at least 4 members (excludes halogenated alkanes) is 2. The second-order valence-corrected chi connectivity index (χ2v) is 7.59. The number of hydrogen-bond acceptors (Lipinski definition) is 4. The number of amides is 2. The van der Waals surface area contributed by atoms with Crippen LogP contribution in [0.4, 0.5) is 18.9 Å². The largest absolute Gasteiger partial charge is 0.490 e. The number of alkyl halides is 3. The van der Waals surface area contributed by atoms with Crippen LogP contribution in [0, 0.1) is 0 Å². The summed E-state index contributed by atoms with van der Waals surface area (Å²) in [5.41, 5.74) is 13.0. The monoisotopic (exact) mass is 509 g/mol. The van der Waals surface area contributed by atoms with Gasteiger partial charge in [-0.15, -0.1) is 0 Å². The summed E-state index contributed by atoms with van der Waals surface area (Å²) in [6.45, 7) is 2.41. The number of carbonyl (C=O) groups excluding carboxylic acids is 2. The molecule has 0 radical (unpaired) electrons. The van der Waals surface area contributed by atoms with Crippen molar-refractivity contribution in [1.29, 1.82) is 0 Å². The molecule has 0 heterocycles. The minimum Gasteiger partial charge on any atom is -0.475 e. The van der Waals surface area contributed by atoms with E-state index < -0.39 is 18.2 Å². The lowest BCUT2D eigenvalue weighted by Gasteiger charge is -2.19. The van der Waals surface area contributed by atoms with Crippen LogP contribution in [0.1, 0.15) is 49.8 Å². The zero-order valence-electron chi connectivity index (χ0n) is 19.7. The van der Waals surface area contributed by atoms with Gasteiger partial charge in [-0.3, -0.25) is 9.59 Å². The van der Waals surface area contributed by atoms with E-state index in [4.69, 9.17) is 21.4 Å². The molecule has 9 nitrogen and oxygen atoms in total. The molecule has 196 valence electrons. The number of guanidine groups is 1. The SMILES string of the molecule is CCCCCC(=O)N[C@H](C(=O)NCc1ccc(N=C(N)N)cc1)c1ccccc1.O=C(O)C(F)(F)F. The van der Waals surface area contributed by atoms with Crippen molar-refractivity contribution in [3.63, 3.8) is 0 Å². The van der Waals surface area contributed by atoms with Crippen molar-refractivity contribution in [2.24, 2.45) is 16.5 Å². The van der Waals surface area contributed by atoms with Gasteiger partial charge in [0.2, 0.25) is 11.8 Å². The van der Waals surface area contributed by atoms with Crippen molar-refractivity contribution in [1.82, 2.24) is 10.6 Å². The van der Waals surface area contributed by atoms with Gasteiger partial charge in [0, 0.05) is 13.0 Å². The summed E-state index contributed by atoms with van der Waals surface area (Å²) >= 11 is 0. The van der Waals surface area contributed by atoms with Crippen LogP contribution in [0.15, 0.2) is 59.6 Å². The fourth-order valence-electron chi connectivity index (χ4n) is 2.84. The predicted molar refractivity (Wildman–Crippen MR) is 129 cm³/mol. The van der Waals surface area contributed by atoms with E-state index in [1.165, 1.54) is 0 Å². The lowest BCUT2D eigenvalue weighted by Crippen LogP contribution is -2.40. The summed E-state index contributed by atoms with van der Waals surface area (Å²) in [6, 6.07) is 15.7. The number of nitrogens with one attached hydrogen (secondary N) is 2. The fourth-order valence-corrected chi connectivity index (χ4v) is 2.84. The molecular weight excluding hydrogens is 479 g/mol. The van der Waals surface area contributed by atoms with E-state index in [1.54, 1.807) is 12.1 Å². The van der Waals surface area contributed by atoms with Crippen molar-refractivity contribution in [3.8, 4) is 0 Å². The van der Waals surface area contributed by atoms with Gasteiger partial charge in [-0.1, -0.05) is 62.2 Å². The summed E-state index contributed by atoms with van der Waals surface area (Å²) in [4.78, 5) is 38.0. The molecule has 2 amide bonds. The standard InChI is InChI=1S/C22H29N5O2.C2HF3O2/c1-2-3-5-10-19(28)27-20(17-8-6-4-7-9-17)21(29)25-15-16-11-13-18(14-12-16)26-22(23)24;3-2(4,5)1(6)7/h4,6-9,11-14,20H,2-3,5,10,15H2,1H3,(H,25,29)(H,27,28)(H4,23,24,26);(H,6,7)/t20-;/m0./s1. The maximum absolute atomic E-state index is 12.8. The number of carboxylic acid groups (broad SMARTS) is 1. The molecule has 2 aromatic rings. The minimum atomic E-state index is -5.08. The average molecular weight is 510 g/mol. The van der Waals surface area contributed by atoms with Crippen molar-refractivity contribution < 1.29 is 32.7 Å². The highest BCUT2D eigenvalue weighted by atomic mass is 19.4. The lowest BCUT2D eigenvalue weighted by molar-refractivity contribution is -0.192. The molecule has 0 saturated heterocycles. The Morgan fingerprint density at radius 3 is 2.08 bits per heavy atom. The highest BCUT2D eigenvalue weighted by Gasteiger charge is 2.38. The summed E-state index contributed by atoms with van der Waals surface area (Å²) in [7, 11) is 0. The highest BCUT2D eigenvalue weighted by molar-refractivity contribution is 5.88. The maximum Gasteiger partial charge on any atom is 0.490 e. The summed E-state index contributed by atoms with van der Waals surface area (Å²) in [5, 5.41) is 12.9. The molecule has 2 rings (SSSR count). The smallest absolute Gasteiger partial charge is 0.475 e. The van der Waals surface area contributed by atoms with E-state index in [0.717, 1.165) is 30.4 Å². The molecule has 0 aliphatic heterocycles. The molecule has 12 heteroatoms. The number of carbonyl (C=O) groups is 3. The topological polar surface area (TPSA) is 160 Å². The third-order valence-corrected chi connectivity index (χ3v) is 4.61. The van der Waals surface area contributed by atoms with E-state index in [0.29, 0.717) is 18.7 Å². The van der Waals surface area contributed by atoms with Gasteiger partial charge in [0.05, 0.1) is 5.69 Å². The van der Waals surface area contributed by atoms with Crippen LogP contribution in [-0.4, -0.2) is 35.0 Å². The normalized spacial score (nSPS) is 11.3. The molecule has 0 aliphatic rings. The number of hydrogen-bond donors (Lipinski definition) is 5.